The molecule has 0 heterocycles. The maximum Gasteiger partial charge on any atom is 0.123 e. The summed E-state index contributed by atoms with van der Waals surface area (Å²) >= 11 is 0. The van der Waals surface area contributed by atoms with E-state index in [1.54, 1.807) is 0 Å². The Kier molecular flexibility index (Phi) is 4.52. The maximum atomic E-state index is 13.2. The van der Waals surface area contributed by atoms with Crippen molar-refractivity contribution in [2.75, 3.05) is 13.2 Å². The van der Waals surface area contributed by atoms with Crippen LogP contribution < -0.4 is 5.32 Å². The fourth-order valence-corrected chi connectivity index (χ4v) is 2.80. The lowest BCUT2D eigenvalue weighted by Gasteiger charge is -2.26. The van der Waals surface area contributed by atoms with Gasteiger partial charge < -0.3 is 10.4 Å². The summed E-state index contributed by atoms with van der Waals surface area (Å²) < 4.78 is 13.2. The number of nitrogens with one attached hydrogen (secondary N) is 1. The van der Waals surface area contributed by atoms with E-state index in [9.17, 15) is 9.50 Å². The fourth-order valence-electron chi connectivity index (χ4n) is 2.80. The molecule has 0 radical (unpaired) electrons. The number of hydrogen-bond donors (Lipinski definition) is 2. The molecule has 0 saturated heterocycles. The van der Waals surface area contributed by atoms with Crippen molar-refractivity contribution in [2.24, 2.45) is 5.41 Å². The van der Waals surface area contributed by atoms with Crippen molar-refractivity contribution in [1.82, 2.24) is 5.32 Å². The van der Waals surface area contributed by atoms with Gasteiger partial charge in [0.15, 0.2) is 0 Å². The zero-order valence-electron chi connectivity index (χ0n) is 11.0. The number of rotatable bonds is 5. The predicted molar refractivity (Wildman–Crippen MR) is 70.8 cm³/mol. The Bertz CT molecular complexity index is 476. The summed E-state index contributed by atoms with van der Waals surface area (Å²) in [6, 6.07) is 6.27. The Morgan fingerprint density at radius 1 is 1.37 bits per heavy atom. The zero-order chi connectivity index (χ0) is 13.7. The first kappa shape index (κ1) is 14.0. The van der Waals surface area contributed by atoms with Crippen LogP contribution in [0.2, 0.25) is 0 Å². The van der Waals surface area contributed by atoms with Crippen LogP contribution in [0.1, 0.15) is 36.8 Å². The molecule has 2 N–H and O–H groups in total. The first-order chi connectivity index (χ1) is 9.19. The van der Waals surface area contributed by atoms with Crippen molar-refractivity contribution < 1.29 is 9.50 Å². The second kappa shape index (κ2) is 6.14. The lowest BCUT2D eigenvalue weighted by atomic mass is 9.87. The topological polar surface area (TPSA) is 56.0 Å². The predicted octanol–water partition coefficient (Wildman–Crippen LogP) is 2.34. The first-order valence-corrected chi connectivity index (χ1v) is 6.69. The van der Waals surface area contributed by atoms with Gasteiger partial charge in [0, 0.05) is 25.1 Å². The van der Waals surface area contributed by atoms with E-state index in [0.717, 1.165) is 25.7 Å². The number of nitrogens with zero attached hydrogens (tertiary/aromatic N) is 1. The van der Waals surface area contributed by atoms with E-state index in [2.05, 4.69) is 11.4 Å². The highest BCUT2D eigenvalue weighted by molar-refractivity contribution is 5.37. The Morgan fingerprint density at radius 3 is 2.74 bits per heavy atom. The molecule has 1 fully saturated rings. The Balaban J connectivity index is 1.96. The molecule has 0 bridgehead atoms. The van der Waals surface area contributed by atoms with E-state index in [0.29, 0.717) is 24.2 Å². The summed E-state index contributed by atoms with van der Waals surface area (Å²) in [7, 11) is 0. The van der Waals surface area contributed by atoms with E-state index < -0.39 is 0 Å². The van der Waals surface area contributed by atoms with Crippen LogP contribution in [0.5, 0.6) is 0 Å². The third kappa shape index (κ3) is 3.31. The lowest BCUT2D eigenvalue weighted by Crippen LogP contribution is -2.35. The molecule has 0 aliphatic heterocycles. The van der Waals surface area contributed by atoms with Gasteiger partial charge >= 0.3 is 0 Å². The molecule has 0 amide bonds. The first-order valence-electron chi connectivity index (χ1n) is 6.69. The van der Waals surface area contributed by atoms with E-state index in [-0.39, 0.29) is 17.8 Å². The van der Waals surface area contributed by atoms with Crippen molar-refractivity contribution in [3.8, 4) is 6.07 Å². The molecule has 1 aromatic carbocycles. The van der Waals surface area contributed by atoms with Crippen molar-refractivity contribution in [2.45, 2.75) is 32.2 Å². The number of hydrogen-bond acceptors (Lipinski definition) is 3. The smallest absolute Gasteiger partial charge is 0.123 e. The van der Waals surface area contributed by atoms with Gasteiger partial charge in [0.25, 0.3) is 0 Å². The molecular weight excluding hydrogens is 243 g/mol. The number of aliphatic hydroxyl groups is 1. The van der Waals surface area contributed by atoms with Crippen molar-refractivity contribution >= 4 is 0 Å². The zero-order valence-corrected chi connectivity index (χ0v) is 11.0. The molecule has 3 nitrogen and oxygen atoms in total. The minimum atomic E-state index is -0.325. The van der Waals surface area contributed by atoms with Crippen molar-refractivity contribution in [3.05, 3.63) is 35.1 Å². The number of halogens is 1. The van der Waals surface area contributed by atoms with Crippen molar-refractivity contribution in [3.63, 3.8) is 0 Å². The van der Waals surface area contributed by atoms with Crippen LogP contribution in [0.15, 0.2) is 18.2 Å². The lowest BCUT2D eigenvalue weighted by molar-refractivity contribution is 0.128. The summed E-state index contributed by atoms with van der Waals surface area (Å²) in [6.07, 6.45) is 4.38. The molecule has 1 aliphatic rings. The van der Waals surface area contributed by atoms with Crippen LogP contribution in [-0.4, -0.2) is 18.3 Å². The van der Waals surface area contributed by atoms with Gasteiger partial charge in [0.05, 0.1) is 11.6 Å². The van der Waals surface area contributed by atoms with Gasteiger partial charge in [-0.1, -0.05) is 12.8 Å². The van der Waals surface area contributed by atoms with E-state index in [1.807, 2.05) is 0 Å². The number of benzene rings is 1. The second-order valence-electron chi connectivity index (χ2n) is 5.38. The van der Waals surface area contributed by atoms with Crippen LogP contribution in [-0.2, 0) is 6.54 Å². The third-order valence-electron chi connectivity index (χ3n) is 4.00. The van der Waals surface area contributed by atoms with Crippen LogP contribution >= 0.6 is 0 Å². The molecular formula is C15H19FN2O. The van der Waals surface area contributed by atoms with Gasteiger partial charge in [-0.3, -0.25) is 0 Å². The number of nitriles is 1. The highest BCUT2D eigenvalue weighted by Gasteiger charge is 2.32. The highest BCUT2D eigenvalue weighted by Crippen LogP contribution is 2.36. The molecule has 0 unspecified atom stereocenters. The average Bonchev–Trinajstić information content (AvgIpc) is 2.88. The maximum absolute atomic E-state index is 13.2. The summed E-state index contributed by atoms with van der Waals surface area (Å²) in [6.45, 7) is 1.36. The van der Waals surface area contributed by atoms with Gasteiger partial charge in [-0.15, -0.1) is 0 Å². The number of aliphatic hydroxyl groups excluding tert-OH is 1. The molecule has 4 heteroatoms. The molecule has 19 heavy (non-hydrogen) atoms. The summed E-state index contributed by atoms with van der Waals surface area (Å²) in [5, 5.41) is 21.7. The third-order valence-corrected chi connectivity index (χ3v) is 4.00. The van der Waals surface area contributed by atoms with Gasteiger partial charge in [-0.2, -0.15) is 5.26 Å². The molecule has 1 aliphatic carbocycles. The fraction of sp³-hybridized carbons (Fsp3) is 0.533. The van der Waals surface area contributed by atoms with Crippen LogP contribution in [0.25, 0.3) is 0 Å². The summed E-state index contributed by atoms with van der Waals surface area (Å²) in [4.78, 5) is 0. The van der Waals surface area contributed by atoms with E-state index in [1.165, 1.54) is 18.2 Å². The molecule has 1 saturated carbocycles. The Hall–Kier alpha value is -1.44. The molecule has 0 aromatic heterocycles. The van der Waals surface area contributed by atoms with Crippen molar-refractivity contribution in [1.29, 1.82) is 5.26 Å². The summed E-state index contributed by atoms with van der Waals surface area (Å²) in [5.74, 6) is -0.325. The minimum Gasteiger partial charge on any atom is -0.396 e. The normalized spacial score (nSPS) is 17.3. The van der Waals surface area contributed by atoms with Gasteiger partial charge in [-0.05, 0) is 36.6 Å². The average molecular weight is 262 g/mol. The van der Waals surface area contributed by atoms with E-state index in [4.69, 9.17) is 5.26 Å². The van der Waals surface area contributed by atoms with E-state index >= 15 is 0 Å². The molecule has 0 spiro atoms. The van der Waals surface area contributed by atoms with Crippen LogP contribution in [0.3, 0.4) is 0 Å². The van der Waals surface area contributed by atoms with Crippen LogP contribution in [0.4, 0.5) is 4.39 Å². The molecule has 1 aromatic rings. The molecule has 0 atom stereocenters. The van der Waals surface area contributed by atoms with Crippen LogP contribution in [0, 0.1) is 22.6 Å². The quantitative estimate of drug-likeness (QED) is 0.856. The minimum absolute atomic E-state index is 0.0276. The summed E-state index contributed by atoms with van der Waals surface area (Å²) in [5.41, 5.74) is 1.15. The molecule has 2 rings (SSSR count). The van der Waals surface area contributed by atoms with Gasteiger partial charge in [-0.25, -0.2) is 4.39 Å². The largest absolute Gasteiger partial charge is 0.396 e. The Morgan fingerprint density at radius 2 is 2.11 bits per heavy atom. The highest BCUT2D eigenvalue weighted by atomic mass is 19.1. The van der Waals surface area contributed by atoms with Gasteiger partial charge in [0.2, 0.25) is 0 Å². The standard InChI is InChI=1S/C15H19FN2O/c16-14-4-3-12(8-17)13(7-14)9-18-10-15(11-19)5-1-2-6-15/h3-4,7,18-19H,1-2,5-6,9-11H2. The Labute approximate surface area is 113 Å². The second-order valence-corrected chi connectivity index (χ2v) is 5.38. The monoisotopic (exact) mass is 262 g/mol. The molecule has 102 valence electrons. The SMILES string of the molecule is N#Cc1ccc(F)cc1CNCC1(CO)CCCC1. The van der Waals surface area contributed by atoms with Gasteiger partial charge in [0.1, 0.15) is 5.82 Å².